The number of amides is 1. The standard InChI is InChI=1S/C13H17ClN2O5/c1-20-7-8-21-6-2-5-15-13(17)11-4-3-10(16(18)19)9-12(11)14/h3-4,9H,2,5-8H2,1H3,(H,15,17). The molecule has 0 aromatic heterocycles. The lowest BCUT2D eigenvalue weighted by Crippen LogP contribution is -2.25. The quantitative estimate of drug-likeness (QED) is 0.427. The monoisotopic (exact) mass is 316 g/mol. The van der Waals surface area contributed by atoms with E-state index in [9.17, 15) is 14.9 Å². The average Bonchev–Trinajstić information content (AvgIpc) is 2.45. The SMILES string of the molecule is COCCOCCCNC(=O)c1ccc([N+](=O)[O-])cc1Cl. The molecule has 1 aromatic carbocycles. The Balaban J connectivity index is 2.37. The Bertz CT molecular complexity index is 495. The number of rotatable bonds is 9. The fourth-order valence-corrected chi connectivity index (χ4v) is 1.78. The maximum atomic E-state index is 11.9. The minimum absolute atomic E-state index is 0.0537. The Labute approximate surface area is 127 Å². The van der Waals surface area contributed by atoms with E-state index >= 15 is 0 Å². The van der Waals surface area contributed by atoms with E-state index in [2.05, 4.69) is 5.32 Å². The van der Waals surface area contributed by atoms with E-state index in [1.807, 2.05) is 0 Å². The molecular formula is C13H17ClN2O5. The third kappa shape index (κ3) is 6.07. The van der Waals surface area contributed by atoms with Crippen LogP contribution >= 0.6 is 11.6 Å². The second-order valence-electron chi connectivity index (χ2n) is 4.14. The van der Waals surface area contributed by atoms with Crippen LogP contribution in [0.2, 0.25) is 5.02 Å². The maximum absolute atomic E-state index is 11.9. The van der Waals surface area contributed by atoms with Crippen molar-refractivity contribution in [1.29, 1.82) is 0 Å². The number of non-ortho nitro benzene ring substituents is 1. The lowest BCUT2D eigenvalue weighted by atomic mass is 10.2. The Hall–Kier alpha value is -1.70. The van der Waals surface area contributed by atoms with Gasteiger partial charge < -0.3 is 14.8 Å². The number of hydrogen-bond acceptors (Lipinski definition) is 5. The predicted molar refractivity (Wildman–Crippen MR) is 77.8 cm³/mol. The van der Waals surface area contributed by atoms with Gasteiger partial charge in [-0.2, -0.15) is 0 Å². The summed E-state index contributed by atoms with van der Waals surface area (Å²) in [7, 11) is 1.59. The second kappa shape index (κ2) is 9.28. The summed E-state index contributed by atoms with van der Waals surface area (Å²) in [6.07, 6.45) is 0.653. The summed E-state index contributed by atoms with van der Waals surface area (Å²) < 4.78 is 10.1. The first-order valence-electron chi connectivity index (χ1n) is 6.35. The van der Waals surface area contributed by atoms with Crippen molar-refractivity contribution in [3.8, 4) is 0 Å². The molecule has 1 aromatic rings. The van der Waals surface area contributed by atoms with Crippen LogP contribution in [0.4, 0.5) is 5.69 Å². The van der Waals surface area contributed by atoms with Gasteiger partial charge in [-0.05, 0) is 12.5 Å². The average molecular weight is 317 g/mol. The van der Waals surface area contributed by atoms with Crippen molar-refractivity contribution in [2.24, 2.45) is 0 Å². The van der Waals surface area contributed by atoms with Crippen LogP contribution in [0.1, 0.15) is 16.8 Å². The number of methoxy groups -OCH3 is 1. The zero-order valence-electron chi connectivity index (χ0n) is 11.6. The number of nitrogens with zero attached hydrogens (tertiary/aromatic N) is 1. The van der Waals surface area contributed by atoms with Gasteiger partial charge in [0.25, 0.3) is 11.6 Å². The molecule has 0 radical (unpaired) electrons. The van der Waals surface area contributed by atoms with Crippen LogP contribution in [0, 0.1) is 10.1 Å². The highest BCUT2D eigenvalue weighted by Gasteiger charge is 2.14. The first-order chi connectivity index (χ1) is 10.1. The van der Waals surface area contributed by atoms with E-state index in [0.29, 0.717) is 32.8 Å². The summed E-state index contributed by atoms with van der Waals surface area (Å²) >= 11 is 5.86. The Morgan fingerprint density at radius 2 is 2.14 bits per heavy atom. The molecule has 0 saturated carbocycles. The summed E-state index contributed by atoms with van der Waals surface area (Å²) in [5.41, 5.74) is 0.0608. The number of nitrogens with one attached hydrogen (secondary N) is 1. The summed E-state index contributed by atoms with van der Waals surface area (Å²) in [4.78, 5) is 21.9. The van der Waals surface area contributed by atoms with Crippen LogP contribution in [0.15, 0.2) is 18.2 Å². The Morgan fingerprint density at radius 3 is 2.76 bits per heavy atom. The lowest BCUT2D eigenvalue weighted by Gasteiger charge is -2.07. The summed E-state index contributed by atoms with van der Waals surface area (Å²) in [6.45, 7) is 1.99. The van der Waals surface area contributed by atoms with Crippen LogP contribution in [-0.4, -0.2) is 44.3 Å². The maximum Gasteiger partial charge on any atom is 0.270 e. The Morgan fingerprint density at radius 1 is 1.38 bits per heavy atom. The van der Waals surface area contributed by atoms with Crippen molar-refractivity contribution in [3.63, 3.8) is 0 Å². The van der Waals surface area contributed by atoms with E-state index in [1.54, 1.807) is 7.11 Å². The number of benzene rings is 1. The molecule has 0 heterocycles. The lowest BCUT2D eigenvalue weighted by molar-refractivity contribution is -0.384. The molecule has 0 saturated heterocycles. The normalized spacial score (nSPS) is 10.4. The third-order valence-corrected chi connectivity index (χ3v) is 2.90. The van der Waals surface area contributed by atoms with Gasteiger partial charge >= 0.3 is 0 Å². The smallest absolute Gasteiger partial charge is 0.270 e. The minimum atomic E-state index is -0.565. The predicted octanol–water partition coefficient (Wildman–Crippen LogP) is 2.03. The molecule has 1 rings (SSSR count). The van der Waals surface area contributed by atoms with E-state index in [1.165, 1.54) is 12.1 Å². The highest BCUT2D eigenvalue weighted by atomic mass is 35.5. The minimum Gasteiger partial charge on any atom is -0.382 e. The molecule has 0 aliphatic rings. The molecule has 8 heteroatoms. The van der Waals surface area contributed by atoms with Gasteiger partial charge in [0.15, 0.2) is 0 Å². The van der Waals surface area contributed by atoms with Crippen LogP contribution in [0.25, 0.3) is 0 Å². The molecule has 21 heavy (non-hydrogen) atoms. The van der Waals surface area contributed by atoms with Crippen LogP contribution in [0.5, 0.6) is 0 Å². The number of nitro groups is 1. The molecule has 0 aliphatic heterocycles. The van der Waals surface area contributed by atoms with E-state index in [4.69, 9.17) is 21.1 Å². The molecule has 0 bridgehead atoms. The van der Waals surface area contributed by atoms with E-state index in [-0.39, 0.29) is 22.2 Å². The van der Waals surface area contributed by atoms with Crippen LogP contribution < -0.4 is 5.32 Å². The molecule has 0 aliphatic carbocycles. The Kier molecular flexibility index (Phi) is 7.66. The van der Waals surface area contributed by atoms with E-state index in [0.717, 1.165) is 6.07 Å². The fraction of sp³-hybridized carbons (Fsp3) is 0.462. The van der Waals surface area contributed by atoms with Gasteiger partial charge in [-0.1, -0.05) is 11.6 Å². The fourth-order valence-electron chi connectivity index (χ4n) is 1.52. The second-order valence-corrected chi connectivity index (χ2v) is 4.54. The van der Waals surface area contributed by atoms with Crippen molar-refractivity contribution >= 4 is 23.2 Å². The van der Waals surface area contributed by atoms with Crippen LogP contribution in [-0.2, 0) is 9.47 Å². The highest BCUT2D eigenvalue weighted by Crippen LogP contribution is 2.22. The largest absolute Gasteiger partial charge is 0.382 e. The molecule has 7 nitrogen and oxygen atoms in total. The van der Waals surface area contributed by atoms with Gasteiger partial charge in [-0.3, -0.25) is 14.9 Å². The van der Waals surface area contributed by atoms with Crippen molar-refractivity contribution in [1.82, 2.24) is 5.32 Å². The molecule has 116 valence electrons. The molecular weight excluding hydrogens is 300 g/mol. The topological polar surface area (TPSA) is 90.7 Å². The molecule has 1 N–H and O–H groups in total. The molecule has 1 amide bonds. The summed E-state index contributed by atoms with van der Waals surface area (Å²) in [6, 6.07) is 3.74. The van der Waals surface area contributed by atoms with Gasteiger partial charge in [0, 0.05) is 32.4 Å². The van der Waals surface area contributed by atoms with Crippen molar-refractivity contribution in [2.75, 3.05) is 33.5 Å². The van der Waals surface area contributed by atoms with Crippen molar-refractivity contribution < 1.29 is 19.2 Å². The van der Waals surface area contributed by atoms with Gasteiger partial charge in [-0.15, -0.1) is 0 Å². The van der Waals surface area contributed by atoms with Crippen molar-refractivity contribution in [2.45, 2.75) is 6.42 Å². The number of halogens is 1. The highest BCUT2D eigenvalue weighted by molar-refractivity contribution is 6.34. The summed E-state index contributed by atoms with van der Waals surface area (Å²) in [5.74, 6) is -0.369. The number of carbonyl (C=O) groups excluding carboxylic acids is 1. The molecule has 0 fully saturated rings. The van der Waals surface area contributed by atoms with Gasteiger partial charge in [0.05, 0.1) is 28.7 Å². The zero-order chi connectivity index (χ0) is 15.7. The van der Waals surface area contributed by atoms with Crippen LogP contribution in [0.3, 0.4) is 0 Å². The van der Waals surface area contributed by atoms with Gasteiger partial charge in [0.2, 0.25) is 0 Å². The third-order valence-electron chi connectivity index (χ3n) is 2.59. The first kappa shape index (κ1) is 17.4. The molecule has 0 atom stereocenters. The number of nitro benzene ring substituents is 1. The molecule has 0 spiro atoms. The van der Waals surface area contributed by atoms with Crippen molar-refractivity contribution in [3.05, 3.63) is 38.9 Å². The van der Waals surface area contributed by atoms with E-state index < -0.39 is 4.92 Å². The van der Waals surface area contributed by atoms with Gasteiger partial charge in [-0.25, -0.2) is 0 Å². The summed E-state index contributed by atoms with van der Waals surface area (Å²) in [5, 5.41) is 13.3. The molecule has 0 unspecified atom stereocenters. The first-order valence-corrected chi connectivity index (χ1v) is 6.73. The number of ether oxygens (including phenoxy) is 2. The number of carbonyl (C=O) groups is 1. The zero-order valence-corrected chi connectivity index (χ0v) is 12.4. The number of hydrogen-bond donors (Lipinski definition) is 1. The van der Waals surface area contributed by atoms with Gasteiger partial charge in [0.1, 0.15) is 0 Å².